The molecule has 0 bridgehead atoms. The van der Waals surface area contributed by atoms with Crippen LogP contribution < -0.4 is 5.73 Å². The predicted molar refractivity (Wildman–Crippen MR) is 75.5 cm³/mol. The summed E-state index contributed by atoms with van der Waals surface area (Å²) < 4.78 is 4.70. The number of hydrogen-bond acceptors (Lipinski definition) is 4. The average molecular weight is 279 g/mol. The van der Waals surface area contributed by atoms with Crippen molar-refractivity contribution in [1.82, 2.24) is 4.90 Å². The molecule has 6 heteroatoms. The molecule has 0 aliphatic rings. The minimum atomic E-state index is -0.435. The van der Waals surface area contributed by atoms with Crippen molar-refractivity contribution < 1.29 is 14.3 Å². The van der Waals surface area contributed by atoms with E-state index in [1.807, 2.05) is 19.0 Å². The predicted octanol–water partition coefficient (Wildman–Crippen LogP) is 1.18. The molecule has 0 aromatic rings. The van der Waals surface area contributed by atoms with Gasteiger partial charge in [-0.05, 0) is 21.0 Å². The number of esters is 1. The van der Waals surface area contributed by atoms with Crippen LogP contribution in [0.15, 0.2) is 24.8 Å². The zero-order valence-electron chi connectivity index (χ0n) is 11.5. The lowest BCUT2D eigenvalue weighted by atomic mass is 10.3. The van der Waals surface area contributed by atoms with Gasteiger partial charge in [0.25, 0.3) is 0 Å². The monoisotopic (exact) mass is 278 g/mol. The zero-order chi connectivity index (χ0) is 15.1. The lowest BCUT2D eigenvalue weighted by Gasteiger charge is -2.07. The summed E-state index contributed by atoms with van der Waals surface area (Å²) in [6, 6.07) is 0. The van der Waals surface area contributed by atoms with E-state index in [0.29, 0.717) is 12.2 Å². The van der Waals surface area contributed by atoms with Gasteiger partial charge in [0.2, 0.25) is 5.91 Å². The van der Waals surface area contributed by atoms with E-state index in [0.717, 1.165) is 12.6 Å². The van der Waals surface area contributed by atoms with Crippen LogP contribution in [-0.2, 0) is 14.3 Å². The van der Waals surface area contributed by atoms with E-state index in [9.17, 15) is 9.59 Å². The molecule has 0 heterocycles. The van der Waals surface area contributed by atoms with Gasteiger partial charge in [-0.25, -0.2) is 4.79 Å². The highest BCUT2D eigenvalue weighted by Gasteiger charge is 1.94. The summed E-state index contributed by atoms with van der Waals surface area (Å²) in [7, 11) is 3.84. The van der Waals surface area contributed by atoms with Crippen LogP contribution in [-0.4, -0.2) is 50.4 Å². The van der Waals surface area contributed by atoms with Gasteiger partial charge in [0.15, 0.2) is 0 Å². The van der Waals surface area contributed by atoms with E-state index in [4.69, 9.17) is 10.5 Å². The van der Waals surface area contributed by atoms with Crippen molar-refractivity contribution >= 4 is 23.5 Å². The van der Waals surface area contributed by atoms with Crippen LogP contribution in [0.2, 0.25) is 0 Å². The Balaban J connectivity index is -0.000000241. The number of nitrogens with two attached hydrogens (primary N) is 1. The molecule has 5 nitrogen and oxygen atoms in total. The molecule has 0 aromatic heterocycles. The molecule has 0 aliphatic carbocycles. The van der Waals surface area contributed by atoms with Gasteiger partial charge < -0.3 is 15.4 Å². The molecule has 0 saturated heterocycles. The standard InChI is InChI=1S/C7H13NO2.C4H7NO.CH3Cl/c1-4-7(9)10-6-5-8(2)3;1-3(2)4(5)6;1-2/h4H,1,5-6H2,2-3H3;1H2,2H3,(H2,5,6);1H3. The minimum Gasteiger partial charge on any atom is -0.461 e. The molecule has 18 heavy (non-hydrogen) atoms. The summed E-state index contributed by atoms with van der Waals surface area (Å²) in [6.07, 6.45) is 2.63. The Morgan fingerprint density at radius 1 is 1.39 bits per heavy atom. The Hall–Kier alpha value is -1.33. The highest BCUT2D eigenvalue weighted by Crippen LogP contribution is 1.80. The second-order valence-corrected chi connectivity index (χ2v) is 3.32. The van der Waals surface area contributed by atoms with Crippen LogP contribution in [0.1, 0.15) is 6.92 Å². The second kappa shape index (κ2) is 15.7. The number of likely N-dealkylation sites (N-methyl/N-ethyl adjacent to an activating group) is 1. The van der Waals surface area contributed by atoms with Crippen molar-refractivity contribution in [2.45, 2.75) is 6.92 Å². The SMILES string of the molecule is C=C(C)C(N)=O.C=CC(=O)OCCN(C)C.CCl. The number of ether oxygens (including phenoxy) is 1. The number of halogens is 1. The number of hydrogen-bond donors (Lipinski definition) is 1. The molecule has 0 spiro atoms. The zero-order valence-corrected chi connectivity index (χ0v) is 12.3. The van der Waals surface area contributed by atoms with Crippen molar-refractivity contribution in [3.05, 3.63) is 24.8 Å². The molecule has 0 atom stereocenters. The fourth-order valence-corrected chi connectivity index (χ4v) is 0.388. The molecule has 0 rings (SSSR count). The molecule has 0 aromatic carbocycles. The van der Waals surface area contributed by atoms with Crippen LogP contribution in [0, 0.1) is 0 Å². The number of nitrogens with zero attached hydrogens (tertiary/aromatic N) is 1. The lowest BCUT2D eigenvalue weighted by molar-refractivity contribution is -0.138. The van der Waals surface area contributed by atoms with Gasteiger partial charge in [-0.2, -0.15) is 0 Å². The summed E-state index contributed by atoms with van der Waals surface area (Å²) in [5, 5.41) is 0. The first-order valence-corrected chi connectivity index (χ1v) is 5.83. The van der Waals surface area contributed by atoms with E-state index in [1.54, 1.807) is 6.92 Å². The maximum Gasteiger partial charge on any atom is 0.330 e. The Bertz CT molecular complexity index is 254. The summed E-state index contributed by atoms with van der Waals surface area (Å²) in [5.74, 6) is -0.795. The quantitative estimate of drug-likeness (QED) is 0.466. The van der Waals surface area contributed by atoms with Gasteiger partial charge in [0.05, 0.1) is 0 Å². The first-order valence-electron chi connectivity index (χ1n) is 5.08. The third-order valence-electron chi connectivity index (χ3n) is 1.37. The fourth-order valence-electron chi connectivity index (χ4n) is 0.388. The highest BCUT2D eigenvalue weighted by atomic mass is 35.5. The fraction of sp³-hybridized carbons (Fsp3) is 0.500. The van der Waals surface area contributed by atoms with Gasteiger partial charge >= 0.3 is 5.97 Å². The van der Waals surface area contributed by atoms with Crippen LogP contribution in [0.3, 0.4) is 0 Å². The van der Waals surface area contributed by atoms with Crippen molar-refractivity contribution in [1.29, 1.82) is 0 Å². The van der Waals surface area contributed by atoms with Crippen LogP contribution in [0.25, 0.3) is 0 Å². The number of rotatable bonds is 5. The molecule has 0 saturated carbocycles. The number of carbonyl (C=O) groups excluding carboxylic acids is 2. The van der Waals surface area contributed by atoms with Crippen LogP contribution in [0.5, 0.6) is 0 Å². The van der Waals surface area contributed by atoms with Crippen molar-refractivity contribution in [3.8, 4) is 0 Å². The summed E-state index contributed by atoms with van der Waals surface area (Å²) >= 11 is 4.64. The van der Waals surface area contributed by atoms with E-state index in [1.165, 1.54) is 6.38 Å². The largest absolute Gasteiger partial charge is 0.461 e. The molecule has 0 unspecified atom stereocenters. The molecule has 106 valence electrons. The number of carbonyl (C=O) groups is 2. The Kier molecular flexibility index (Phi) is 19.1. The molecule has 0 radical (unpaired) electrons. The van der Waals surface area contributed by atoms with E-state index in [2.05, 4.69) is 24.8 Å². The maximum atomic E-state index is 10.4. The van der Waals surface area contributed by atoms with Crippen molar-refractivity contribution in [3.63, 3.8) is 0 Å². The van der Waals surface area contributed by atoms with Gasteiger partial charge in [0, 0.05) is 24.6 Å². The molecular formula is C12H23ClN2O3. The second-order valence-electron chi connectivity index (χ2n) is 3.32. The summed E-state index contributed by atoms with van der Waals surface area (Å²) in [4.78, 5) is 22.2. The molecule has 0 aliphatic heterocycles. The van der Waals surface area contributed by atoms with E-state index < -0.39 is 5.91 Å². The third-order valence-corrected chi connectivity index (χ3v) is 1.37. The Morgan fingerprint density at radius 3 is 2.00 bits per heavy atom. The van der Waals surface area contributed by atoms with Crippen molar-refractivity contribution in [2.75, 3.05) is 33.6 Å². The van der Waals surface area contributed by atoms with E-state index in [-0.39, 0.29) is 5.97 Å². The van der Waals surface area contributed by atoms with Gasteiger partial charge in [-0.1, -0.05) is 13.2 Å². The van der Waals surface area contributed by atoms with E-state index >= 15 is 0 Å². The Labute approximate surface area is 114 Å². The lowest BCUT2D eigenvalue weighted by Crippen LogP contribution is -2.19. The Morgan fingerprint density at radius 2 is 1.78 bits per heavy atom. The van der Waals surface area contributed by atoms with Gasteiger partial charge in [-0.15, -0.1) is 11.6 Å². The van der Waals surface area contributed by atoms with Crippen molar-refractivity contribution in [2.24, 2.45) is 5.73 Å². The normalized spacial score (nSPS) is 8.11. The molecular weight excluding hydrogens is 256 g/mol. The van der Waals surface area contributed by atoms with Crippen LogP contribution in [0.4, 0.5) is 0 Å². The maximum absolute atomic E-state index is 10.4. The summed E-state index contributed by atoms with van der Waals surface area (Å²) in [6.45, 7) is 9.30. The first-order chi connectivity index (χ1) is 8.31. The molecule has 0 fully saturated rings. The smallest absolute Gasteiger partial charge is 0.330 e. The van der Waals surface area contributed by atoms with Crippen LogP contribution >= 0.6 is 11.6 Å². The number of primary amides is 1. The van der Waals surface area contributed by atoms with Gasteiger partial charge in [-0.3, -0.25) is 4.79 Å². The number of amides is 1. The molecule has 2 N–H and O–H groups in total. The summed E-state index contributed by atoms with van der Waals surface area (Å²) in [5.41, 5.74) is 5.09. The molecule has 1 amide bonds. The first kappa shape index (κ1) is 21.9. The highest BCUT2D eigenvalue weighted by molar-refractivity contribution is 6.15. The minimum absolute atomic E-state index is 0.359. The van der Waals surface area contributed by atoms with Gasteiger partial charge in [0.1, 0.15) is 6.61 Å². The average Bonchev–Trinajstić information content (AvgIpc) is 2.31. The number of alkyl halides is 1. The topological polar surface area (TPSA) is 72.6 Å². The third kappa shape index (κ3) is 24.1.